The minimum Gasteiger partial charge on any atom is -0.393 e. The smallest absolute Gasteiger partial charge is 0.247 e. The van der Waals surface area contributed by atoms with Crippen LogP contribution in [0.3, 0.4) is 0 Å². The van der Waals surface area contributed by atoms with E-state index in [1.165, 1.54) is 0 Å². The molecule has 2 aliphatic rings. The van der Waals surface area contributed by atoms with Gasteiger partial charge in [-0.2, -0.15) is 0 Å². The zero-order valence-corrected chi connectivity index (χ0v) is 13.1. The fraction of sp³-hybridized carbons (Fsp3) is 0.562. The number of aliphatic hydroxyl groups excluding tert-OH is 1. The molecule has 0 saturated carbocycles. The Hall–Kier alpha value is -1.10. The summed E-state index contributed by atoms with van der Waals surface area (Å²) in [6.07, 6.45) is 3.08. The summed E-state index contributed by atoms with van der Waals surface area (Å²) >= 11 is 0. The van der Waals surface area contributed by atoms with Crippen molar-refractivity contribution in [2.45, 2.75) is 56.3 Å². The summed E-state index contributed by atoms with van der Waals surface area (Å²) in [4.78, 5) is 14.9. The fourth-order valence-electron chi connectivity index (χ4n) is 3.66. The van der Waals surface area contributed by atoms with E-state index in [0.717, 1.165) is 18.4 Å². The third kappa shape index (κ3) is 2.80. The van der Waals surface area contributed by atoms with E-state index in [0.29, 0.717) is 12.8 Å². The van der Waals surface area contributed by atoms with Crippen molar-refractivity contribution in [2.75, 3.05) is 0 Å². The molecule has 1 aromatic rings. The molecule has 5 heteroatoms. The summed E-state index contributed by atoms with van der Waals surface area (Å²) in [6, 6.07) is 9.85. The highest BCUT2D eigenvalue weighted by molar-refractivity contribution is 5.88. The van der Waals surface area contributed by atoms with Crippen molar-refractivity contribution in [2.24, 2.45) is 5.73 Å². The molecular weight excluding hydrogens is 288 g/mol. The van der Waals surface area contributed by atoms with E-state index < -0.39 is 5.54 Å². The van der Waals surface area contributed by atoms with Gasteiger partial charge in [-0.15, -0.1) is 12.4 Å². The molecule has 0 radical (unpaired) electrons. The monoisotopic (exact) mass is 310 g/mol. The van der Waals surface area contributed by atoms with E-state index >= 15 is 0 Å². The van der Waals surface area contributed by atoms with Gasteiger partial charge in [0.15, 0.2) is 0 Å². The van der Waals surface area contributed by atoms with Gasteiger partial charge in [0.25, 0.3) is 0 Å². The maximum atomic E-state index is 12.9. The van der Waals surface area contributed by atoms with E-state index in [4.69, 9.17) is 5.73 Å². The van der Waals surface area contributed by atoms with Crippen molar-refractivity contribution in [1.82, 2.24) is 4.90 Å². The lowest BCUT2D eigenvalue weighted by Crippen LogP contribution is -2.57. The van der Waals surface area contributed by atoms with Crippen molar-refractivity contribution in [1.29, 1.82) is 0 Å². The molecule has 1 aromatic carbocycles. The Morgan fingerprint density at radius 3 is 2.29 bits per heavy atom. The fourth-order valence-corrected chi connectivity index (χ4v) is 3.66. The Kier molecular flexibility index (Phi) is 4.61. The molecule has 0 aliphatic carbocycles. The van der Waals surface area contributed by atoms with Gasteiger partial charge >= 0.3 is 0 Å². The number of nitrogens with two attached hydrogens (primary N) is 1. The van der Waals surface area contributed by atoms with Crippen LogP contribution in [0.25, 0.3) is 0 Å². The van der Waals surface area contributed by atoms with E-state index in [2.05, 4.69) is 0 Å². The van der Waals surface area contributed by atoms with Crippen molar-refractivity contribution in [3.8, 4) is 0 Å². The third-order valence-electron chi connectivity index (χ3n) is 4.76. The van der Waals surface area contributed by atoms with Crippen LogP contribution in [-0.4, -0.2) is 34.1 Å². The highest BCUT2D eigenvalue weighted by Crippen LogP contribution is 2.38. The zero-order chi connectivity index (χ0) is 14.3. The summed E-state index contributed by atoms with van der Waals surface area (Å²) < 4.78 is 0. The lowest BCUT2D eigenvalue weighted by Gasteiger charge is -2.41. The van der Waals surface area contributed by atoms with E-state index in [-0.39, 0.29) is 36.5 Å². The number of amides is 1. The Bertz CT molecular complexity index is 492. The van der Waals surface area contributed by atoms with Gasteiger partial charge in [-0.05, 0) is 38.2 Å². The first-order chi connectivity index (χ1) is 9.50. The van der Waals surface area contributed by atoms with Crippen LogP contribution in [0.15, 0.2) is 30.3 Å². The summed E-state index contributed by atoms with van der Waals surface area (Å²) in [5, 5.41) is 9.84. The Labute approximate surface area is 131 Å². The molecule has 0 spiro atoms. The molecule has 2 fully saturated rings. The van der Waals surface area contributed by atoms with Crippen LogP contribution < -0.4 is 5.73 Å². The van der Waals surface area contributed by atoms with Gasteiger partial charge in [-0.25, -0.2) is 0 Å². The van der Waals surface area contributed by atoms with E-state index in [1.807, 2.05) is 35.2 Å². The van der Waals surface area contributed by atoms with Crippen LogP contribution in [0.5, 0.6) is 0 Å². The van der Waals surface area contributed by atoms with Crippen molar-refractivity contribution >= 4 is 18.3 Å². The molecule has 116 valence electrons. The standard InChI is InChI=1S/C16H22N2O2.ClH/c1-16(17,11-5-3-2-4-6-11)15(20)18-12-7-8-13(18)10-14(19)9-12;/h2-6,12-14,19H,7-10,17H2,1H3;1H. The van der Waals surface area contributed by atoms with Gasteiger partial charge in [0.05, 0.1) is 6.10 Å². The van der Waals surface area contributed by atoms with Crippen LogP contribution in [-0.2, 0) is 10.3 Å². The number of carbonyl (C=O) groups is 1. The lowest BCUT2D eigenvalue weighted by atomic mass is 9.89. The molecule has 21 heavy (non-hydrogen) atoms. The van der Waals surface area contributed by atoms with Gasteiger partial charge in [0.1, 0.15) is 5.54 Å². The predicted molar refractivity (Wildman–Crippen MR) is 84.1 cm³/mol. The second kappa shape index (κ2) is 5.95. The molecule has 2 bridgehead atoms. The first kappa shape index (κ1) is 16.3. The maximum absolute atomic E-state index is 12.9. The van der Waals surface area contributed by atoms with Crippen LogP contribution in [0.1, 0.15) is 38.2 Å². The second-order valence-corrected chi connectivity index (χ2v) is 6.29. The number of carbonyl (C=O) groups excluding carboxylic acids is 1. The number of hydrogen-bond acceptors (Lipinski definition) is 3. The molecule has 2 saturated heterocycles. The number of aliphatic hydroxyl groups is 1. The van der Waals surface area contributed by atoms with Gasteiger partial charge in [-0.1, -0.05) is 30.3 Å². The van der Waals surface area contributed by atoms with Crippen molar-refractivity contribution in [3.63, 3.8) is 0 Å². The highest BCUT2D eigenvalue weighted by Gasteiger charge is 2.47. The van der Waals surface area contributed by atoms with Crippen molar-refractivity contribution < 1.29 is 9.90 Å². The maximum Gasteiger partial charge on any atom is 0.247 e. The van der Waals surface area contributed by atoms with Crippen LogP contribution in [0.4, 0.5) is 0 Å². The third-order valence-corrected chi connectivity index (χ3v) is 4.76. The average Bonchev–Trinajstić information content (AvgIpc) is 2.70. The second-order valence-electron chi connectivity index (χ2n) is 6.29. The van der Waals surface area contributed by atoms with Gasteiger partial charge in [0, 0.05) is 12.1 Å². The number of halogens is 1. The Balaban J connectivity index is 0.00000161. The quantitative estimate of drug-likeness (QED) is 0.875. The van der Waals surface area contributed by atoms with Crippen LogP contribution >= 0.6 is 12.4 Å². The minimum absolute atomic E-state index is 0. The molecule has 3 rings (SSSR count). The number of fused-ring (bicyclic) bond motifs is 2. The Morgan fingerprint density at radius 1 is 1.24 bits per heavy atom. The van der Waals surface area contributed by atoms with Gasteiger partial charge in [0.2, 0.25) is 5.91 Å². The van der Waals surface area contributed by atoms with Gasteiger partial charge in [-0.3, -0.25) is 4.79 Å². The zero-order valence-electron chi connectivity index (χ0n) is 12.2. The normalized spacial score (nSPS) is 30.4. The molecule has 4 nitrogen and oxygen atoms in total. The first-order valence-electron chi connectivity index (χ1n) is 7.35. The minimum atomic E-state index is -0.996. The molecule has 3 unspecified atom stereocenters. The SMILES string of the molecule is CC(N)(C(=O)N1C2CCC1CC(O)C2)c1ccccc1.Cl. The summed E-state index contributed by atoms with van der Waals surface area (Å²) in [7, 11) is 0. The molecule has 1 amide bonds. The largest absolute Gasteiger partial charge is 0.393 e. The highest BCUT2D eigenvalue weighted by atomic mass is 35.5. The summed E-state index contributed by atoms with van der Waals surface area (Å²) in [6.45, 7) is 1.79. The summed E-state index contributed by atoms with van der Waals surface area (Å²) in [5.41, 5.74) is 6.19. The molecule has 3 N–H and O–H groups in total. The molecular formula is C16H23ClN2O2. The number of rotatable bonds is 2. The molecule has 2 aliphatic heterocycles. The molecule has 0 aromatic heterocycles. The Morgan fingerprint density at radius 2 is 1.76 bits per heavy atom. The topological polar surface area (TPSA) is 66.6 Å². The van der Waals surface area contributed by atoms with E-state index in [9.17, 15) is 9.90 Å². The molecule has 3 atom stereocenters. The predicted octanol–water partition coefficient (Wildman–Crippen LogP) is 1.80. The van der Waals surface area contributed by atoms with Crippen molar-refractivity contribution in [3.05, 3.63) is 35.9 Å². The number of benzene rings is 1. The average molecular weight is 311 g/mol. The summed E-state index contributed by atoms with van der Waals surface area (Å²) in [5.74, 6) is -0.0110. The number of nitrogens with zero attached hydrogens (tertiary/aromatic N) is 1. The molecule has 2 heterocycles. The van der Waals surface area contributed by atoms with Gasteiger partial charge < -0.3 is 15.7 Å². The van der Waals surface area contributed by atoms with Crippen LogP contribution in [0, 0.1) is 0 Å². The number of hydrogen-bond donors (Lipinski definition) is 2. The van der Waals surface area contributed by atoms with Crippen LogP contribution in [0.2, 0.25) is 0 Å². The lowest BCUT2D eigenvalue weighted by molar-refractivity contribution is -0.143. The van der Waals surface area contributed by atoms with E-state index in [1.54, 1.807) is 6.92 Å². The first-order valence-corrected chi connectivity index (χ1v) is 7.35. The number of piperidine rings is 1.